The second kappa shape index (κ2) is 6.90. The van der Waals surface area contributed by atoms with Crippen LogP contribution >= 0.6 is 0 Å². The lowest BCUT2D eigenvalue weighted by Gasteiger charge is -2.32. The van der Waals surface area contributed by atoms with E-state index in [1.807, 2.05) is 47.0 Å². The van der Waals surface area contributed by atoms with Crippen molar-refractivity contribution in [1.29, 1.82) is 0 Å². The number of aromatic nitrogens is 3. The number of fused-ring (bicyclic) bond motifs is 2. The van der Waals surface area contributed by atoms with E-state index >= 15 is 0 Å². The van der Waals surface area contributed by atoms with E-state index in [-0.39, 0.29) is 18.1 Å². The van der Waals surface area contributed by atoms with Gasteiger partial charge in [0.25, 0.3) is 0 Å². The quantitative estimate of drug-likeness (QED) is 0.740. The number of benzene rings is 1. The third-order valence-corrected chi connectivity index (χ3v) is 4.95. The Morgan fingerprint density at radius 3 is 2.70 bits per heavy atom. The van der Waals surface area contributed by atoms with Crippen LogP contribution in [-0.4, -0.2) is 20.6 Å². The van der Waals surface area contributed by atoms with Crippen molar-refractivity contribution in [2.45, 2.75) is 44.8 Å². The smallest absolute Gasteiger partial charge is 0.312 e. The van der Waals surface area contributed by atoms with Crippen LogP contribution in [0.2, 0.25) is 0 Å². The van der Waals surface area contributed by atoms with Gasteiger partial charge in [-0.1, -0.05) is 38.1 Å². The average molecular weight is 365 g/mol. The number of amides is 2. The molecule has 0 unspecified atom stereocenters. The molecule has 0 bridgehead atoms. The minimum atomic E-state index is -0.506. The van der Waals surface area contributed by atoms with Crippen LogP contribution in [0.15, 0.2) is 42.6 Å². The van der Waals surface area contributed by atoms with Gasteiger partial charge in [-0.3, -0.25) is 4.40 Å². The first kappa shape index (κ1) is 17.3. The summed E-state index contributed by atoms with van der Waals surface area (Å²) in [7, 11) is 0. The summed E-state index contributed by atoms with van der Waals surface area (Å²) in [5, 5.41) is 11.3. The molecule has 0 saturated heterocycles. The van der Waals surface area contributed by atoms with Crippen molar-refractivity contribution in [3.63, 3.8) is 0 Å². The predicted octanol–water partition coefficient (Wildman–Crippen LogP) is 3.48. The molecular formula is C20H23N5O2. The first-order chi connectivity index (χ1) is 13.0. The molecule has 1 aliphatic carbocycles. The standard InChI is InChI=1S/C20H23N5O2/c1-12(2)19-24-23-18-10-7-13(11-25(18)19)27-17-9-8-16(22-20(21)26)14-5-3-4-6-15(14)17/h3-7,10-12,16-17H,8-9H2,1-2H3,(H3,21,22,26)/t16-,17+/m0/s1. The van der Waals surface area contributed by atoms with E-state index in [0.717, 1.165) is 41.2 Å². The van der Waals surface area contributed by atoms with E-state index in [4.69, 9.17) is 10.5 Å². The molecule has 7 heteroatoms. The number of primary amides is 1. The van der Waals surface area contributed by atoms with Crippen LogP contribution in [0.4, 0.5) is 4.79 Å². The Bertz CT molecular complexity index is 981. The highest BCUT2D eigenvalue weighted by Gasteiger charge is 2.29. The molecule has 7 nitrogen and oxygen atoms in total. The Balaban J connectivity index is 1.63. The molecule has 140 valence electrons. The number of hydrogen-bond donors (Lipinski definition) is 2. The number of rotatable bonds is 4. The second-order valence-corrected chi connectivity index (χ2v) is 7.18. The van der Waals surface area contributed by atoms with Crippen LogP contribution in [0.1, 0.15) is 61.7 Å². The average Bonchev–Trinajstić information content (AvgIpc) is 3.07. The number of nitrogens with two attached hydrogens (primary N) is 1. The summed E-state index contributed by atoms with van der Waals surface area (Å²) in [4.78, 5) is 11.3. The molecular weight excluding hydrogens is 342 g/mol. The Morgan fingerprint density at radius 2 is 1.96 bits per heavy atom. The lowest BCUT2D eigenvalue weighted by atomic mass is 9.85. The second-order valence-electron chi connectivity index (χ2n) is 7.18. The zero-order chi connectivity index (χ0) is 19.0. The molecule has 27 heavy (non-hydrogen) atoms. The number of carbonyl (C=O) groups is 1. The number of hydrogen-bond acceptors (Lipinski definition) is 4. The van der Waals surface area contributed by atoms with Crippen molar-refractivity contribution in [1.82, 2.24) is 19.9 Å². The minimum absolute atomic E-state index is 0.0774. The van der Waals surface area contributed by atoms with E-state index in [1.54, 1.807) is 0 Å². The van der Waals surface area contributed by atoms with Gasteiger partial charge in [-0.2, -0.15) is 0 Å². The van der Waals surface area contributed by atoms with E-state index in [9.17, 15) is 4.79 Å². The molecule has 2 aromatic heterocycles. The van der Waals surface area contributed by atoms with Gasteiger partial charge >= 0.3 is 6.03 Å². The van der Waals surface area contributed by atoms with Crippen LogP contribution in [0.3, 0.4) is 0 Å². The molecule has 2 amide bonds. The lowest BCUT2D eigenvalue weighted by molar-refractivity contribution is 0.171. The topological polar surface area (TPSA) is 94.5 Å². The number of pyridine rings is 1. The summed E-state index contributed by atoms with van der Waals surface area (Å²) in [5.41, 5.74) is 8.27. The summed E-state index contributed by atoms with van der Waals surface area (Å²) in [6.45, 7) is 4.18. The van der Waals surface area contributed by atoms with E-state index in [1.165, 1.54) is 0 Å². The van der Waals surface area contributed by atoms with Gasteiger partial charge in [0.2, 0.25) is 0 Å². The highest BCUT2D eigenvalue weighted by Crippen LogP contribution is 2.38. The molecule has 0 saturated carbocycles. The number of nitrogens with one attached hydrogen (secondary N) is 1. The van der Waals surface area contributed by atoms with E-state index in [2.05, 4.69) is 29.4 Å². The van der Waals surface area contributed by atoms with E-state index in [0.29, 0.717) is 0 Å². The molecule has 1 aromatic carbocycles. The minimum Gasteiger partial charge on any atom is -0.484 e. The van der Waals surface area contributed by atoms with Crippen molar-refractivity contribution < 1.29 is 9.53 Å². The SMILES string of the molecule is CC(C)c1nnc2ccc(O[C@@H]3CC[C@H](NC(N)=O)c4ccccc43)cn12. The fourth-order valence-electron chi connectivity index (χ4n) is 3.71. The van der Waals surface area contributed by atoms with Gasteiger partial charge in [0, 0.05) is 5.92 Å². The lowest BCUT2D eigenvalue weighted by Crippen LogP contribution is -2.36. The zero-order valence-electron chi connectivity index (χ0n) is 15.4. The maximum atomic E-state index is 11.3. The molecule has 1 aliphatic rings. The number of carbonyl (C=O) groups excluding carboxylic acids is 1. The third-order valence-electron chi connectivity index (χ3n) is 4.95. The first-order valence-electron chi connectivity index (χ1n) is 9.19. The van der Waals surface area contributed by atoms with Crippen molar-refractivity contribution >= 4 is 11.7 Å². The number of ether oxygens (including phenoxy) is 1. The van der Waals surface area contributed by atoms with Crippen LogP contribution in [0.25, 0.3) is 5.65 Å². The molecule has 0 radical (unpaired) electrons. The highest BCUT2D eigenvalue weighted by molar-refractivity contribution is 5.72. The number of nitrogens with zero attached hydrogens (tertiary/aromatic N) is 3. The van der Waals surface area contributed by atoms with Crippen LogP contribution in [0, 0.1) is 0 Å². The molecule has 0 spiro atoms. The van der Waals surface area contributed by atoms with Gasteiger partial charge in [-0.05, 0) is 36.1 Å². The fourth-order valence-corrected chi connectivity index (χ4v) is 3.71. The fraction of sp³-hybridized carbons (Fsp3) is 0.350. The first-order valence-corrected chi connectivity index (χ1v) is 9.19. The summed E-state index contributed by atoms with van der Waals surface area (Å²) in [6.07, 6.45) is 3.43. The molecule has 0 aliphatic heterocycles. The van der Waals surface area contributed by atoms with Crippen molar-refractivity contribution in [2.75, 3.05) is 0 Å². The van der Waals surface area contributed by atoms with Crippen molar-refractivity contribution in [3.8, 4) is 5.75 Å². The summed E-state index contributed by atoms with van der Waals surface area (Å²) in [6, 6.07) is 11.3. The van der Waals surface area contributed by atoms with Crippen molar-refractivity contribution in [3.05, 3.63) is 59.5 Å². The Morgan fingerprint density at radius 1 is 1.19 bits per heavy atom. The van der Waals surface area contributed by atoms with Gasteiger partial charge in [-0.25, -0.2) is 4.79 Å². The van der Waals surface area contributed by atoms with Gasteiger partial charge in [0.05, 0.1) is 12.2 Å². The highest BCUT2D eigenvalue weighted by atomic mass is 16.5. The number of urea groups is 1. The normalized spacial score (nSPS) is 19.1. The van der Waals surface area contributed by atoms with Crippen molar-refractivity contribution in [2.24, 2.45) is 5.73 Å². The Labute approximate surface area is 157 Å². The van der Waals surface area contributed by atoms with E-state index < -0.39 is 6.03 Å². The summed E-state index contributed by atoms with van der Waals surface area (Å²) in [5.74, 6) is 1.95. The van der Waals surface area contributed by atoms with Gasteiger partial charge in [-0.15, -0.1) is 10.2 Å². The van der Waals surface area contributed by atoms with Crippen LogP contribution < -0.4 is 15.8 Å². The van der Waals surface area contributed by atoms with Crippen LogP contribution in [0.5, 0.6) is 5.75 Å². The molecule has 3 aromatic rings. The largest absolute Gasteiger partial charge is 0.484 e. The predicted molar refractivity (Wildman–Crippen MR) is 102 cm³/mol. The molecule has 4 rings (SSSR count). The van der Waals surface area contributed by atoms with Gasteiger partial charge in [0.1, 0.15) is 17.7 Å². The molecule has 2 atom stereocenters. The van der Waals surface area contributed by atoms with Gasteiger partial charge in [0.15, 0.2) is 5.65 Å². The summed E-state index contributed by atoms with van der Waals surface area (Å²) < 4.78 is 8.31. The van der Waals surface area contributed by atoms with Gasteiger partial charge < -0.3 is 15.8 Å². The maximum absolute atomic E-state index is 11.3. The Hall–Kier alpha value is -3.09. The van der Waals surface area contributed by atoms with Crippen LogP contribution in [-0.2, 0) is 0 Å². The third kappa shape index (κ3) is 3.32. The molecule has 2 heterocycles. The Kier molecular flexibility index (Phi) is 4.43. The maximum Gasteiger partial charge on any atom is 0.312 e. The summed E-state index contributed by atoms with van der Waals surface area (Å²) >= 11 is 0. The zero-order valence-corrected chi connectivity index (χ0v) is 15.4. The monoisotopic (exact) mass is 365 g/mol. The molecule has 0 fully saturated rings. The molecule has 3 N–H and O–H groups in total.